The molecule has 0 radical (unpaired) electrons. The first-order chi connectivity index (χ1) is 18.6. The van der Waals surface area contributed by atoms with Crippen LogP contribution >= 0.6 is 0 Å². The van der Waals surface area contributed by atoms with Crippen LogP contribution in [0.2, 0.25) is 0 Å². The second-order valence-electron chi connectivity index (χ2n) is 8.06. The molecule has 3 heterocycles. The zero-order valence-corrected chi connectivity index (χ0v) is 23.5. The van der Waals surface area contributed by atoms with E-state index in [0.29, 0.717) is 22.5 Å². The Morgan fingerprint density at radius 3 is 1.48 bits per heavy atom. The van der Waals surface area contributed by atoms with Gasteiger partial charge in [0.1, 0.15) is 0 Å². The van der Waals surface area contributed by atoms with Gasteiger partial charge in [-0.1, -0.05) is 41.5 Å². The van der Waals surface area contributed by atoms with E-state index in [1.807, 2.05) is 26.0 Å². The predicted octanol–water partition coefficient (Wildman–Crippen LogP) is 5.71. The summed E-state index contributed by atoms with van der Waals surface area (Å²) < 4.78 is 51.6. The van der Waals surface area contributed by atoms with E-state index in [9.17, 15) is 27.5 Å². The molecule has 0 aliphatic rings. The number of halogens is 4. The van der Waals surface area contributed by atoms with Crippen molar-refractivity contribution in [3.63, 3.8) is 0 Å². The fourth-order valence-corrected chi connectivity index (χ4v) is 3.13. The summed E-state index contributed by atoms with van der Waals surface area (Å²) in [5, 5.41) is 10.0. The number of hydrogen-bond donors (Lipinski definition) is 0. The Labute approximate surface area is 242 Å². The van der Waals surface area contributed by atoms with Crippen molar-refractivity contribution in [1.82, 2.24) is 15.0 Å². The van der Waals surface area contributed by atoms with Gasteiger partial charge in [-0.3, -0.25) is 4.98 Å². The van der Waals surface area contributed by atoms with Crippen LogP contribution in [-0.4, -0.2) is 20.9 Å². The maximum absolute atomic E-state index is 12.9. The smallest absolute Gasteiger partial charge is 0.543 e. The molecule has 2 aromatic carbocycles. The largest absolute Gasteiger partial charge is 3.00 e. The molecular weight excluding hydrogens is 703 g/mol. The molecule has 0 aliphatic carbocycles. The van der Waals surface area contributed by atoms with E-state index >= 15 is 0 Å². The van der Waals surface area contributed by atoms with Crippen molar-refractivity contribution in [3.05, 3.63) is 138 Å². The second-order valence-corrected chi connectivity index (χ2v) is 8.06. The Morgan fingerprint density at radius 1 is 0.675 bits per heavy atom. The molecule has 0 bridgehead atoms. The number of pyridine rings is 3. The molecule has 0 amide bonds. The number of aryl methyl sites for hydroxylation is 2. The van der Waals surface area contributed by atoms with Gasteiger partial charge in [-0.05, 0) is 49.5 Å². The molecule has 5 nitrogen and oxygen atoms in total. The number of rotatable bonds is 3. The molecule has 0 atom stereocenters. The fourth-order valence-electron chi connectivity index (χ4n) is 3.13. The van der Waals surface area contributed by atoms with E-state index in [4.69, 9.17) is 0 Å². The maximum atomic E-state index is 12.9. The van der Waals surface area contributed by atoms with Gasteiger partial charge in [-0.25, -0.2) is 17.6 Å². The van der Waals surface area contributed by atoms with Crippen LogP contribution in [-0.2, 0) is 20.1 Å². The van der Waals surface area contributed by atoms with Crippen molar-refractivity contribution in [1.29, 1.82) is 0 Å². The van der Waals surface area contributed by atoms with Crippen LogP contribution in [0.15, 0.2) is 85.3 Å². The summed E-state index contributed by atoms with van der Waals surface area (Å²) in [7, 11) is 0. The Kier molecular flexibility index (Phi) is 12.3. The van der Waals surface area contributed by atoms with Crippen LogP contribution in [0.5, 0.6) is 0 Å². The Morgan fingerprint density at radius 2 is 1.15 bits per heavy atom. The van der Waals surface area contributed by atoms with Crippen molar-refractivity contribution in [2.45, 2.75) is 13.8 Å². The number of carboxylic acid groups (broad SMARTS) is 1. The summed E-state index contributed by atoms with van der Waals surface area (Å²) in [4.78, 5) is 21.6. The molecule has 5 rings (SSSR count). The minimum Gasteiger partial charge on any atom is -0.543 e. The molecule has 40 heavy (non-hydrogen) atoms. The molecule has 10 heteroatoms. The van der Waals surface area contributed by atoms with Gasteiger partial charge in [0.2, 0.25) is 0 Å². The van der Waals surface area contributed by atoms with E-state index in [1.54, 1.807) is 36.7 Å². The van der Waals surface area contributed by atoms with E-state index in [1.165, 1.54) is 24.4 Å². The molecule has 3 aromatic heterocycles. The summed E-state index contributed by atoms with van der Waals surface area (Å²) in [6.07, 6.45) is 4.60. The van der Waals surface area contributed by atoms with E-state index in [2.05, 4.69) is 27.1 Å². The average molecular weight is 723 g/mol. The topological polar surface area (TPSA) is 78.8 Å². The molecular formula is C30H20F4IrN3O2. The van der Waals surface area contributed by atoms with Gasteiger partial charge in [-0.15, -0.1) is 35.4 Å². The average Bonchev–Trinajstić information content (AvgIpc) is 2.89. The van der Waals surface area contributed by atoms with Crippen LogP contribution < -0.4 is 5.11 Å². The number of hydrogen-bond acceptors (Lipinski definition) is 5. The van der Waals surface area contributed by atoms with Crippen molar-refractivity contribution >= 4 is 5.97 Å². The summed E-state index contributed by atoms with van der Waals surface area (Å²) in [6.45, 7) is 3.78. The molecule has 0 spiro atoms. The standard InChI is InChI=1S/2C12H8F2N.C6H5NO2.Ir/c2*1-8-2-3-15-12(4-8)9-5-10(13)7-11(14)6-9;8-6(9)5-3-1-2-4-7-5;/h2*2-5,7H,1H3;1-4H,(H,8,9);/q2*-1;;+3/p-1. The number of carbonyl (C=O) groups excluding carboxylic acids is 1. The molecule has 0 saturated carbocycles. The SMILES string of the molecule is Cc1ccnc(-c2[c-]c(F)cc(F)c2)c1.Cc1ccnc(-c2[c-]c(F)cc(F)c2)c1.O=C([O-])c1ccccn1.[Ir+3]. The normalized spacial score (nSPS) is 9.75. The number of aromatic carboxylic acids is 1. The minimum absolute atomic E-state index is 0. The molecule has 0 N–H and O–H groups in total. The summed E-state index contributed by atoms with van der Waals surface area (Å²) >= 11 is 0. The van der Waals surface area contributed by atoms with Gasteiger partial charge in [0, 0.05) is 41.9 Å². The van der Waals surface area contributed by atoms with E-state index < -0.39 is 29.2 Å². The Bertz CT molecular complexity index is 1440. The van der Waals surface area contributed by atoms with Crippen molar-refractivity contribution in [2.24, 2.45) is 0 Å². The summed E-state index contributed by atoms with van der Waals surface area (Å²) in [5.74, 6) is -3.91. The van der Waals surface area contributed by atoms with Gasteiger partial charge in [0.05, 0.1) is 11.7 Å². The van der Waals surface area contributed by atoms with Crippen LogP contribution in [0.1, 0.15) is 21.6 Å². The van der Waals surface area contributed by atoms with E-state index in [0.717, 1.165) is 23.3 Å². The summed E-state index contributed by atoms with van der Waals surface area (Å²) in [6, 6.07) is 20.6. The number of carbonyl (C=O) groups is 1. The van der Waals surface area contributed by atoms with Crippen LogP contribution in [0, 0.1) is 49.2 Å². The molecule has 0 fully saturated rings. The van der Waals surface area contributed by atoms with E-state index in [-0.39, 0.29) is 25.8 Å². The minimum atomic E-state index is -1.24. The Balaban J connectivity index is 0.000000215. The number of aromatic nitrogens is 3. The summed E-state index contributed by atoms with van der Waals surface area (Å²) in [5.41, 5.74) is 3.64. The van der Waals surface area contributed by atoms with Gasteiger partial charge in [0.25, 0.3) is 0 Å². The third-order valence-electron chi connectivity index (χ3n) is 4.86. The quantitative estimate of drug-likeness (QED) is 0.176. The zero-order valence-electron chi connectivity index (χ0n) is 21.1. The predicted molar refractivity (Wildman–Crippen MR) is 135 cm³/mol. The van der Waals surface area contributed by atoms with Crippen LogP contribution in [0.3, 0.4) is 0 Å². The van der Waals surface area contributed by atoms with Crippen LogP contribution in [0.25, 0.3) is 22.5 Å². The first-order valence-corrected chi connectivity index (χ1v) is 11.4. The monoisotopic (exact) mass is 723 g/mol. The van der Waals surface area contributed by atoms with Crippen molar-refractivity contribution < 1.29 is 47.6 Å². The number of benzene rings is 2. The zero-order chi connectivity index (χ0) is 28.4. The molecule has 5 aromatic rings. The van der Waals surface area contributed by atoms with Gasteiger partial charge in [-0.2, -0.15) is 0 Å². The number of nitrogens with zero attached hydrogens (tertiary/aromatic N) is 3. The first-order valence-electron chi connectivity index (χ1n) is 11.4. The van der Waals surface area contributed by atoms with Crippen molar-refractivity contribution in [3.8, 4) is 22.5 Å². The molecule has 204 valence electrons. The third kappa shape index (κ3) is 10.1. The van der Waals surface area contributed by atoms with Gasteiger partial charge < -0.3 is 19.9 Å². The van der Waals surface area contributed by atoms with Gasteiger partial charge in [0.15, 0.2) is 0 Å². The molecule has 0 unspecified atom stereocenters. The first kappa shape index (κ1) is 31.9. The van der Waals surface area contributed by atoms with Crippen molar-refractivity contribution in [2.75, 3.05) is 0 Å². The van der Waals surface area contributed by atoms with Crippen LogP contribution in [0.4, 0.5) is 17.6 Å². The second kappa shape index (κ2) is 15.4. The maximum Gasteiger partial charge on any atom is 3.00 e. The molecule has 0 saturated heterocycles. The molecule has 0 aliphatic heterocycles. The van der Waals surface area contributed by atoms with Gasteiger partial charge >= 0.3 is 20.1 Å². The third-order valence-corrected chi connectivity index (χ3v) is 4.86. The fraction of sp³-hybridized carbons (Fsp3) is 0.0667. The number of carboxylic acids is 1. The Hall–Kier alpha value is -4.27.